The summed E-state index contributed by atoms with van der Waals surface area (Å²) < 4.78 is 10.6. The van der Waals surface area contributed by atoms with Crippen LogP contribution in [0.25, 0.3) is 6.08 Å². The predicted molar refractivity (Wildman–Crippen MR) is 70.0 cm³/mol. The molecule has 0 aliphatic carbocycles. The second-order valence-corrected chi connectivity index (χ2v) is 4.72. The minimum atomic E-state index is -0.109. The van der Waals surface area contributed by atoms with Crippen molar-refractivity contribution in [2.45, 2.75) is 0 Å². The van der Waals surface area contributed by atoms with Crippen molar-refractivity contribution in [3.63, 3.8) is 0 Å². The molecule has 1 aromatic carbocycles. The summed E-state index contributed by atoms with van der Waals surface area (Å²) in [5.74, 6) is 2.07. The summed E-state index contributed by atoms with van der Waals surface area (Å²) in [5, 5.41) is 2.57. The van der Waals surface area contributed by atoms with E-state index >= 15 is 0 Å². The van der Waals surface area contributed by atoms with Crippen molar-refractivity contribution >= 4 is 28.9 Å². The van der Waals surface area contributed by atoms with Crippen molar-refractivity contribution in [2.75, 3.05) is 13.8 Å². The smallest absolute Gasteiger partial charge is 0.289 e. The summed E-state index contributed by atoms with van der Waals surface area (Å²) in [6.45, 7) is 0.256. The predicted octanol–water partition coefficient (Wildman–Crippen LogP) is 2.24. The van der Waals surface area contributed by atoms with Crippen LogP contribution in [-0.2, 0) is 0 Å². The Morgan fingerprint density at radius 1 is 1.39 bits per heavy atom. The number of nitrogens with zero attached hydrogens (tertiary/aromatic N) is 1. The minimum Gasteiger partial charge on any atom is -0.454 e. The van der Waals surface area contributed by atoms with Gasteiger partial charge in [0, 0.05) is 7.05 Å². The summed E-state index contributed by atoms with van der Waals surface area (Å²) in [6.07, 6.45) is 1.90. The number of carbonyl (C=O) groups is 1. The van der Waals surface area contributed by atoms with E-state index in [0.717, 1.165) is 33.7 Å². The van der Waals surface area contributed by atoms with Crippen LogP contribution in [0, 0.1) is 0 Å². The van der Waals surface area contributed by atoms with Crippen LogP contribution in [-0.4, -0.2) is 24.9 Å². The molecule has 2 aliphatic heterocycles. The minimum absolute atomic E-state index is 0.109. The van der Waals surface area contributed by atoms with Gasteiger partial charge in [-0.3, -0.25) is 9.79 Å². The molecule has 0 atom stereocenters. The van der Waals surface area contributed by atoms with Crippen molar-refractivity contribution in [1.29, 1.82) is 0 Å². The van der Waals surface area contributed by atoms with Gasteiger partial charge in [0.25, 0.3) is 5.24 Å². The molecule has 0 saturated carbocycles. The molecular weight excluding hydrogens is 252 g/mol. The Labute approximate surface area is 108 Å². The molecule has 2 aliphatic rings. The van der Waals surface area contributed by atoms with Gasteiger partial charge in [0.1, 0.15) is 5.84 Å². The Balaban J connectivity index is 1.94. The van der Waals surface area contributed by atoms with Gasteiger partial charge in [0.15, 0.2) is 11.5 Å². The van der Waals surface area contributed by atoms with E-state index in [1.54, 1.807) is 7.05 Å². The maximum absolute atomic E-state index is 11.3. The van der Waals surface area contributed by atoms with Gasteiger partial charge < -0.3 is 14.8 Å². The van der Waals surface area contributed by atoms with Crippen LogP contribution < -0.4 is 14.8 Å². The second-order valence-electron chi connectivity index (χ2n) is 3.71. The van der Waals surface area contributed by atoms with Crippen LogP contribution in [0.1, 0.15) is 5.56 Å². The third kappa shape index (κ3) is 1.95. The van der Waals surface area contributed by atoms with Gasteiger partial charge >= 0.3 is 0 Å². The number of ether oxygens (including phenoxy) is 2. The number of carbonyl (C=O) groups excluding carboxylic acids is 1. The lowest BCUT2D eigenvalue weighted by Gasteiger charge is -1.99. The zero-order chi connectivity index (χ0) is 12.5. The largest absolute Gasteiger partial charge is 0.454 e. The van der Waals surface area contributed by atoms with Crippen LogP contribution in [0.5, 0.6) is 11.5 Å². The highest BCUT2D eigenvalue weighted by Gasteiger charge is 2.23. The third-order valence-corrected chi connectivity index (χ3v) is 3.39. The molecule has 0 radical (unpaired) electrons. The normalized spacial score (nSPS) is 21.7. The standard InChI is InChI=1S/C12H10N2O3S/c1-13-11-10(18-12(15)14-11)5-7-2-3-8-9(4-7)17-6-16-8/h2-5H,6H2,1H3,(H,13,14,15)/b10-5-. The fourth-order valence-corrected chi connectivity index (χ4v) is 2.53. The molecule has 1 aromatic rings. The molecule has 1 fully saturated rings. The molecule has 92 valence electrons. The fraction of sp³-hybridized carbons (Fsp3) is 0.167. The maximum Gasteiger partial charge on any atom is 0.289 e. The molecule has 0 aromatic heterocycles. The molecule has 1 amide bonds. The summed E-state index contributed by atoms with van der Waals surface area (Å²) in [6, 6.07) is 5.65. The van der Waals surface area contributed by atoms with Gasteiger partial charge in [-0.15, -0.1) is 0 Å². The lowest BCUT2D eigenvalue weighted by Crippen LogP contribution is -2.18. The monoisotopic (exact) mass is 262 g/mol. The van der Waals surface area contributed by atoms with E-state index in [1.807, 2.05) is 24.3 Å². The van der Waals surface area contributed by atoms with Crippen molar-refractivity contribution in [1.82, 2.24) is 5.32 Å². The molecule has 0 bridgehead atoms. The Hall–Kier alpha value is -1.95. The molecule has 1 N–H and O–H groups in total. The highest BCUT2D eigenvalue weighted by atomic mass is 32.2. The first kappa shape index (κ1) is 11.2. The van der Waals surface area contributed by atoms with Crippen LogP contribution >= 0.6 is 11.8 Å². The number of amides is 1. The fourth-order valence-electron chi connectivity index (χ4n) is 1.75. The van der Waals surface area contributed by atoms with Crippen LogP contribution in [0.2, 0.25) is 0 Å². The number of benzene rings is 1. The number of aliphatic imine (C=N–C) groups is 1. The summed E-state index contributed by atoms with van der Waals surface area (Å²) in [4.78, 5) is 16.1. The highest BCUT2D eigenvalue weighted by molar-refractivity contribution is 8.18. The van der Waals surface area contributed by atoms with Crippen molar-refractivity contribution in [3.05, 3.63) is 28.7 Å². The Morgan fingerprint density at radius 2 is 2.22 bits per heavy atom. The average molecular weight is 262 g/mol. The molecule has 3 rings (SSSR count). The van der Waals surface area contributed by atoms with Gasteiger partial charge in [-0.05, 0) is 35.5 Å². The molecular formula is C12H10N2O3S. The zero-order valence-electron chi connectivity index (χ0n) is 9.60. The lowest BCUT2D eigenvalue weighted by molar-refractivity contribution is 0.174. The third-order valence-electron chi connectivity index (χ3n) is 2.57. The molecule has 2 heterocycles. The Kier molecular flexibility index (Phi) is 2.71. The number of hydrogen-bond acceptors (Lipinski definition) is 5. The quantitative estimate of drug-likeness (QED) is 0.843. The van der Waals surface area contributed by atoms with E-state index in [1.165, 1.54) is 0 Å². The number of amidine groups is 1. The van der Waals surface area contributed by atoms with Crippen LogP contribution in [0.3, 0.4) is 0 Å². The molecule has 0 unspecified atom stereocenters. The van der Waals surface area contributed by atoms with Crippen LogP contribution in [0.4, 0.5) is 4.79 Å². The van der Waals surface area contributed by atoms with E-state index in [-0.39, 0.29) is 12.0 Å². The second kappa shape index (κ2) is 4.38. The topological polar surface area (TPSA) is 59.9 Å². The Bertz CT molecular complexity index is 581. The Morgan fingerprint density at radius 3 is 3.06 bits per heavy atom. The summed E-state index contributed by atoms with van der Waals surface area (Å²) >= 11 is 1.13. The maximum atomic E-state index is 11.3. The first-order chi connectivity index (χ1) is 8.76. The first-order valence-electron chi connectivity index (χ1n) is 5.33. The van der Waals surface area contributed by atoms with E-state index < -0.39 is 0 Å². The van der Waals surface area contributed by atoms with Crippen LogP contribution in [0.15, 0.2) is 28.1 Å². The summed E-state index contributed by atoms with van der Waals surface area (Å²) in [7, 11) is 1.65. The van der Waals surface area contributed by atoms with Gasteiger partial charge in [-0.25, -0.2) is 0 Å². The number of fused-ring (bicyclic) bond motifs is 1. The first-order valence-corrected chi connectivity index (χ1v) is 6.15. The summed E-state index contributed by atoms with van der Waals surface area (Å²) in [5.41, 5.74) is 0.944. The number of nitrogens with one attached hydrogen (secondary N) is 1. The van der Waals surface area contributed by atoms with Crippen molar-refractivity contribution < 1.29 is 14.3 Å². The molecule has 18 heavy (non-hydrogen) atoms. The highest BCUT2D eigenvalue weighted by Crippen LogP contribution is 2.34. The lowest BCUT2D eigenvalue weighted by atomic mass is 10.2. The number of rotatable bonds is 1. The zero-order valence-corrected chi connectivity index (χ0v) is 10.4. The molecule has 1 saturated heterocycles. The van der Waals surface area contributed by atoms with Crippen molar-refractivity contribution in [3.8, 4) is 11.5 Å². The number of hydrogen-bond donors (Lipinski definition) is 1. The van der Waals surface area contributed by atoms with E-state index in [0.29, 0.717) is 5.84 Å². The van der Waals surface area contributed by atoms with E-state index in [9.17, 15) is 4.79 Å². The van der Waals surface area contributed by atoms with Crippen molar-refractivity contribution in [2.24, 2.45) is 4.99 Å². The number of thioether (sulfide) groups is 1. The molecule has 5 nitrogen and oxygen atoms in total. The van der Waals surface area contributed by atoms with E-state index in [4.69, 9.17) is 9.47 Å². The average Bonchev–Trinajstić information content (AvgIpc) is 2.95. The van der Waals surface area contributed by atoms with E-state index in [2.05, 4.69) is 10.3 Å². The van der Waals surface area contributed by atoms with Gasteiger partial charge in [0.2, 0.25) is 6.79 Å². The van der Waals surface area contributed by atoms with Gasteiger partial charge in [0.05, 0.1) is 4.91 Å². The van der Waals surface area contributed by atoms with Gasteiger partial charge in [-0.1, -0.05) is 6.07 Å². The van der Waals surface area contributed by atoms with Gasteiger partial charge in [-0.2, -0.15) is 0 Å². The molecule has 6 heteroatoms. The molecule has 0 spiro atoms. The SMILES string of the molecule is CN=C1NC(=O)S/C1=C\c1ccc2c(c1)OCO2.